The minimum atomic E-state index is -0.495. The normalized spacial score (nSPS) is 14.1. The van der Waals surface area contributed by atoms with Gasteiger partial charge in [-0.15, -0.1) is 0 Å². The summed E-state index contributed by atoms with van der Waals surface area (Å²) in [5.74, 6) is 4.97. The van der Waals surface area contributed by atoms with Crippen LogP contribution >= 0.6 is 0 Å². The molecule has 0 aromatic rings. The second-order valence-corrected chi connectivity index (χ2v) is 4.58. The van der Waals surface area contributed by atoms with E-state index >= 15 is 0 Å². The number of carbonyl (C=O) groups is 1. The molecule has 0 aliphatic heterocycles. The summed E-state index contributed by atoms with van der Waals surface area (Å²) in [5, 5.41) is 0. The molecule has 5 heteroatoms. The number of nitrogens with one attached hydrogen (secondary N) is 1. The van der Waals surface area contributed by atoms with Gasteiger partial charge in [0, 0.05) is 19.7 Å². The largest absolute Gasteiger partial charge is 0.383 e. The molecule has 0 heterocycles. The first-order chi connectivity index (χ1) is 6.85. The number of carbonyl (C=O) groups excluding carboxylic acids is 1. The Morgan fingerprint density at radius 2 is 2.13 bits per heavy atom. The zero-order valence-corrected chi connectivity index (χ0v) is 10.3. The van der Waals surface area contributed by atoms with Crippen LogP contribution in [0.3, 0.4) is 0 Å². The average Bonchev–Trinajstić information content (AvgIpc) is 2.16. The van der Waals surface area contributed by atoms with Crippen molar-refractivity contribution in [2.45, 2.75) is 26.8 Å². The molecule has 0 radical (unpaired) electrons. The molecule has 3 N–H and O–H groups in total. The van der Waals surface area contributed by atoms with Crippen LogP contribution < -0.4 is 11.3 Å². The Hall–Kier alpha value is -0.650. The summed E-state index contributed by atoms with van der Waals surface area (Å²) in [6.07, 6.45) is 0. The van der Waals surface area contributed by atoms with E-state index in [4.69, 9.17) is 10.6 Å². The van der Waals surface area contributed by atoms with E-state index in [-0.39, 0.29) is 11.9 Å². The maximum Gasteiger partial charge on any atom is 0.240 e. The van der Waals surface area contributed by atoms with Crippen LogP contribution in [0.2, 0.25) is 0 Å². The molecule has 1 amide bonds. The number of nitrogens with two attached hydrogens (primary N) is 1. The highest BCUT2D eigenvalue weighted by Gasteiger charge is 2.29. The highest BCUT2D eigenvalue weighted by atomic mass is 16.5. The molecule has 0 bridgehead atoms. The third-order valence-corrected chi connectivity index (χ3v) is 2.55. The summed E-state index contributed by atoms with van der Waals surface area (Å²) >= 11 is 0. The lowest BCUT2D eigenvalue weighted by atomic mass is 9.91. The van der Waals surface area contributed by atoms with Crippen molar-refractivity contribution in [2.75, 3.05) is 27.3 Å². The first kappa shape index (κ1) is 14.3. The van der Waals surface area contributed by atoms with Gasteiger partial charge in [-0.3, -0.25) is 10.2 Å². The van der Waals surface area contributed by atoms with Crippen LogP contribution in [0.5, 0.6) is 0 Å². The Morgan fingerprint density at radius 3 is 2.53 bits per heavy atom. The van der Waals surface area contributed by atoms with E-state index in [1.807, 2.05) is 20.9 Å². The lowest BCUT2D eigenvalue weighted by molar-refractivity contribution is -0.130. The number of hydrazine groups is 1. The van der Waals surface area contributed by atoms with E-state index in [2.05, 4.69) is 17.2 Å². The van der Waals surface area contributed by atoms with E-state index in [0.29, 0.717) is 13.2 Å². The molecular formula is C10H23N3O2. The summed E-state index contributed by atoms with van der Waals surface area (Å²) in [6, 6.07) is 0.278. The van der Waals surface area contributed by atoms with E-state index in [0.717, 1.165) is 0 Å². The van der Waals surface area contributed by atoms with Gasteiger partial charge < -0.3 is 9.64 Å². The van der Waals surface area contributed by atoms with Crippen LogP contribution in [0.1, 0.15) is 20.8 Å². The van der Waals surface area contributed by atoms with E-state index < -0.39 is 5.41 Å². The second-order valence-electron chi connectivity index (χ2n) is 4.58. The number of hydrogen-bond acceptors (Lipinski definition) is 4. The highest BCUT2D eigenvalue weighted by molar-refractivity contribution is 5.81. The minimum absolute atomic E-state index is 0.154. The third kappa shape index (κ3) is 4.59. The molecular weight excluding hydrogens is 194 g/mol. The van der Waals surface area contributed by atoms with Crippen molar-refractivity contribution in [1.29, 1.82) is 0 Å². The number of rotatable bonds is 6. The summed E-state index contributed by atoms with van der Waals surface area (Å²) in [4.78, 5) is 13.5. The third-order valence-electron chi connectivity index (χ3n) is 2.55. The van der Waals surface area contributed by atoms with E-state index in [1.54, 1.807) is 7.11 Å². The van der Waals surface area contributed by atoms with Gasteiger partial charge in [0.25, 0.3) is 0 Å². The molecule has 15 heavy (non-hydrogen) atoms. The van der Waals surface area contributed by atoms with Crippen molar-refractivity contribution < 1.29 is 9.53 Å². The van der Waals surface area contributed by atoms with Crippen LogP contribution in [0.4, 0.5) is 0 Å². The number of amides is 1. The van der Waals surface area contributed by atoms with Crippen molar-refractivity contribution in [3.8, 4) is 0 Å². The molecule has 0 saturated heterocycles. The Balaban J connectivity index is 4.26. The SMILES string of the molecule is COCC(C)N(C)CC(C)(C)C(=O)NN. The zero-order chi connectivity index (χ0) is 12.1. The van der Waals surface area contributed by atoms with Gasteiger partial charge in [0.15, 0.2) is 0 Å². The molecule has 1 atom stereocenters. The van der Waals surface area contributed by atoms with Crippen LogP contribution in [0.15, 0.2) is 0 Å². The first-order valence-corrected chi connectivity index (χ1v) is 5.05. The molecule has 5 nitrogen and oxygen atoms in total. The Morgan fingerprint density at radius 1 is 1.60 bits per heavy atom. The molecule has 0 aromatic heterocycles. The minimum Gasteiger partial charge on any atom is -0.383 e. The van der Waals surface area contributed by atoms with Gasteiger partial charge in [-0.2, -0.15) is 0 Å². The summed E-state index contributed by atoms with van der Waals surface area (Å²) < 4.78 is 5.06. The fraction of sp³-hybridized carbons (Fsp3) is 0.900. The molecule has 0 spiro atoms. The second kappa shape index (κ2) is 6.05. The zero-order valence-electron chi connectivity index (χ0n) is 10.3. The number of likely N-dealkylation sites (N-methyl/N-ethyl adjacent to an activating group) is 1. The van der Waals surface area contributed by atoms with Gasteiger partial charge >= 0.3 is 0 Å². The van der Waals surface area contributed by atoms with Gasteiger partial charge in [0.2, 0.25) is 5.91 Å². The number of ether oxygens (including phenoxy) is 1. The Labute approximate surface area is 91.9 Å². The number of nitrogens with zero attached hydrogens (tertiary/aromatic N) is 1. The van der Waals surface area contributed by atoms with Crippen LogP contribution in [-0.2, 0) is 9.53 Å². The van der Waals surface area contributed by atoms with Gasteiger partial charge in [0.1, 0.15) is 0 Å². The van der Waals surface area contributed by atoms with Crippen LogP contribution in [0, 0.1) is 5.41 Å². The molecule has 0 aliphatic carbocycles. The number of methoxy groups -OCH3 is 1. The Bertz CT molecular complexity index is 207. The van der Waals surface area contributed by atoms with Gasteiger partial charge in [-0.25, -0.2) is 5.84 Å². The van der Waals surface area contributed by atoms with Crippen molar-refractivity contribution in [1.82, 2.24) is 10.3 Å². The fourth-order valence-electron chi connectivity index (χ4n) is 1.41. The quantitative estimate of drug-likeness (QED) is 0.372. The maximum atomic E-state index is 11.5. The topological polar surface area (TPSA) is 67.6 Å². The van der Waals surface area contributed by atoms with Crippen molar-refractivity contribution >= 4 is 5.91 Å². The summed E-state index contributed by atoms with van der Waals surface area (Å²) in [7, 11) is 3.64. The number of hydrogen-bond donors (Lipinski definition) is 2. The highest BCUT2D eigenvalue weighted by Crippen LogP contribution is 2.17. The molecule has 0 rings (SSSR count). The van der Waals surface area contributed by atoms with Crippen molar-refractivity contribution in [3.63, 3.8) is 0 Å². The molecule has 0 saturated carbocycles. The average molecular weight is 217 g/mol. The van der Waals surface area contributed by atoms with Gasteiger partial charge in [0.05, 0.1) is 12.0 Å². The lowest BCUT2D eigenvalue weighted by Crippen LogP contribution is -2.48. The lowest BCUT2D eigenvalue weighted by Gasteiger charge is -2.32. The fourth-order valence-corrected chi connectivity index (χ4v) is 1.41. The van der Waals surface area contributed by atoms with Crippen LogP contribution in [0.25, 0.3) is 0 Å². The predicted molar refractivity (Wildman–Crippen MR) is 60.1 cm³/mol. The van der Waals surface area contributed by atoms with Gasteiger partial charge in [-0.05, 0) is 27.8 Å². The standard InChI is InChI=1S/C10H23N3O2/c1-8(6-15-5)13(4)7-10(2,3)9(14)12-11/h8H,6-7,11H2,1-5H3,(H,12,14). The van der Waals surface area contributed by atoms with Crippen LogP contribution in [-0.4, -0.2) is 44.2 Å². The first-order valence-electron chi connectivity index (χ1n) is 5.05. The molecule has 0 aromatic carbocycles. The smallest absolute Gasteiger partial charge is 0.240 e. The Kier molecular flexibility index (Phi) is 5.79. The molecule has 0 fully saturated rings. The molecule has 1 unspecified atom stereocenters. The van der Waals surface area contributed by atoms with Crippen molar-refractivity contribution in [3.05, 3.63) is 0 Å². The molecule has 0 aliphatic rings. The summed E-state index contributed by atoms with van der Waals surface area (Å²) in [6.45, 7) is 7.08. The van der Waals surface area contributed by atoms with E-state index in [9.17, 15) is 4.79 Å². The van der Waals surface area contributed by atoms with E-state index in [1.165, 1.54) is 0 Å². The maximum absolute atomic E-state index is 11.5. The molecule has 90 valence electrons. The monoisotopic (exact) mass is 217 g/mol. The predicted octanol–water partition coefficient (Wildman–Crippen LogP) is -0.0308. The van der Waals surface area contributed by atoms with Gasteiger partial charge in [-0.1, -0.05) is 0 Å². The van der Waals surface area contributed by atoms with Crippen molar-refractivity contribution in [2.24, 2.45) is 11.3 Å². The summed E-state index contributed by atoms with van der Waals surface area (Å²) in [5.41, 5.74) is 1.69.